The predicted molar refractivity (Wildman–Crippen MR) is 107 cm³/mol. The van der Waals surface area contributed by atoms with Crippen molar-refractivity contribution in [1.82, 2.24) is 9.78 Å². The maximum Gasteiger partial charge on any atom is 0.358 e. The highest BCUT2D eigenvalue weighted by molar-refractivity contribution is 14.1. The summed E-state index contributed by atoms with van der Waals surface area (Å²) < 4.78 is 20.2. The molecule has 0 bridgehead atoms. The van der Waals surface area contributed by atoms with Gasteiger partial charge in [0.2, 0.25) is 0 Å². The fraction of sp³-hybridized carbons (Fsp3) is 0.105. The molecule has 3 rings (SSSR count). The molecule has 0 aliphatic heterocycles. The van der Waals surface area contributed by atoms with Gasteiger partial charge in [0.05, 0.1) is 17.9 Å². The van der Waals surface area contributed by atoms with Gasteiger partial charge in [0.1, 0.15) is 5.82 Å². The molecule has 0 saturated carbocycles. The first-order chi connectivity index (χ1) is 13.0. The molecule has 1 N–H and O–H groups in total. The molecule has 27 heavy (non-hydrogen) atoms. The molecule has 3 aromatic rings. The van der Waals surface area contributed by atoms with Gasteiger partial charge in [-0.1, -0.05) is 6.07 Å². The van der Waals surface area contributed by atoms with Crippen molar-refractivity contribution in [2.45, 2.75) is 6.92 Å². The van der Waals surface area contributed by atoms with Crippen molar-refractivity contribution in [3.8, 4) is 5.69 Å². The number of anilines is 1. The smallest absolute Gasteiger partial charge is 0.358 e. The average molecular weight is 479 g/mol. The number of ether oxygens (including phenoxy) is 1. The van der Waals surface area contributed by atoms with Gasteiger partial charge in [0.25, 0.3) is 5.91 Å². The van der Waals surface area contributed by atoms with Gasteiger partial charge in [-0.3, -0.25) is 4.79 Å². The Labute approximate surface area is 168 Å². The monoisotopic (exact) mass is 479 g/mol. The third kappa shape index (κ3) is 4.51. The first-order valence-electron chi connectivity index (χ1n) is 8.07. The molecule has 1 heterocycles. The van der Waals surface area contributed by atoms with Gasteiger partial charge < -0.3 is 10.1 Å². The van der Waals surface area contributed by atoms with E-state index in [0.29, 0.717) is 20.5 Å². The number of halogens is 2. The van der Waals surface area contributed by atoms with E-state index in [-0.39, 0.29) is 18.2 Å². The quantitative estimate of drug-likeness (QED) is 0.443. The third-order valence-corrected chi connectivity index (χ3v) is 4.51. The molecule has 0 spiro atoms. The largest absolute Gasteiger partial charge is 0.461 e. The van der Waals surface area contributed by atoms with E-state index in [1.54, 1.807) is 43.5 Å². The van der Waals surface area contributed by atoms with Crippen LogP contribution < -0.4 is 5.32 Å². The van der Waals surface area contributed by atoms with Crippen LogP contribution in [0.4, 0.5) is 10.1 Å². The maximum atomic E-state index is 13.2. The van der Waals surface area contributed by atoms with Crippen LogP contribution in [-0.2, 0) is 4.74 Å². The van der Waals surface area contributed by atoms with Crippen LogP contribution in [0.1, 0.15) is 27.8 Å². The lowest BCUT2D eigenvalue weighted by Gasteiger charge is -2.09. The summed E-state index contributed by atoms with van der Waals surface area (Å²) in [5.74, 6) is -1.23. The van der Waals surface area contributed by atoms with E-state index in [4.69, 9.17) is 4.74 Å². The molecule has 0 fully saturated rings. The number of amides is 1. The summed E-state index contributed by atoms with van der Waals surface area (Å²) in [7, 11) is 0. The van der Waals surface area contributed by atoms with Gasteiger partial charge in [-0.05, 0) is 72.0 Å². The van der Waals surface area contributed by atoms with Gasteiger partial charge in [-0.25, -0.2) is 13.9 Å². The summed E-state index contributed by atoms with van der Waals surface area (Å²) in [6.45, 7) is 2.00. The lowest BCUT2D eigenvalue weighted by Crippen LogP contribution is -2.14. The van der Waals surface area contributed by atoms with Gasteiger partial charge in [0.15, 0.2) is 5.69 Å². The fourth-order valence-electron chi connectivity index (χ4n) is 2.38. The summed E-state index contributed by atoms with van der Waals surface area (Å²) in [4.78, 5) is 24.2. The summed E-state index contributed by atoms with van der Waals surface area (Å²) >= 11 is 1.92. The number of benzene rings is 2. The topological polar surface area (TPSA) is 73.2 Å². The second-order valence-electron chi connectivity index (χ2n) is 5.49. The second-order valence-corrected chi connectivity index (χ2v) is 6.66. The van der Waals surface area contributed by atoms with Crippen LogP contribution in [0.5, 0.6) is 0 Å². The molecule has 1 amide bonds. The van der Waals surface area contributed by atoms with Crippen molar-refractivity contribution in [3.05, 3.63) is 75.4 Å². The van der Waals surface area contributed by atoms with Crippen molar-refractivity contribution in [1.29, 1.82) is 0 Å². The number of nitrogens with one attached hydrogen (secondary N) is 1. The first kappa shape index (κ1) is 19.0. The molecule has 0 radical (unpaired) electrons. The third-order valence-electron chi connectivity index (χ3n) is 3.62. The molecule has 0 unspecified atom stereocenters. The number of hydrogen-bond donors (Lipinski definition) is 1. The molecule has 6 nitrogen and oxygen atoms in total. The van der Waals surface area contributed by atoms with E-state index in [1.165, 1.54) is 22.9 Å². The van der Waals surface area contributed by atoms with E-state index in [0.717, 1.165) is 0 Å². The number of carbonyl (C=O) groups is 2. The minimum absolute atomic E-state index is 0.201. The molecule has 8 heteroatoms. The van der Waals surface area contributed by atoms with Crippen LogP contribution in [0.15, 0.2) is 54.7 Å². The molecule has 2 aromatic carbocycles. The zero-order valence-electron chi connectivity index (χ0n) is 14.3. The lowest BCUT2D eigenvalue weighted by atomic mass is 10.2. The standard InChI is InChI=1S/C19H15FIN3O3/c1-2-27-19(26)17-8-9-24(23-17)14-5-3-4-13(11-14)22-18(25)15-7-6-12(20)10-16(15)21/h3-11H,2H2,1H3,(H,22,25). The normalized spacial score (nSPS) is 10.5. The summed E-state index contributed by atoms with van der Waals surface area (Å²) in [5.41, 5.74) is 1.79. The molecular formula is C19H15FIN3O3. The Balaban J connectivity index is 1.79. The first-order valence-corrected chi connectivity index (χ1v) is 9.15. The Morgan fingerprint density at radius 1 is 1.22 bits per heavy atom. The van der Waals surface area contributed by atoms with Gasteiger partial charge in [0, 0.05) is 15.5 Å². The average Bonchev–Trinajstić information content (AvgIpc) is 3.12. The number of esters is 1. The van der Waals surface area contributed by atoms with Crippen LogP contribution in [0.25, 0.3) is 5.69 Å². The molecular weight excluding hydrogens is 464 g/mol. The van der Waals surface area contributed by atoms with Crippen LogP contribution in [0.2, 0.25) is 0 Å². The summed E-state index contributed by atoms with van der Waals surface area (Å²) in [5, 5.41) is 6.97. The van der Waals surface area contributed by atoms with Gasteiger partial charge in [-0.2, -0.15) is 5.10 Å². The van der Waals surface area contributed by atoms with Crippen molar-refractivity contribution < 1.29 is 18.7 Å². The van der Waals surface area contributed by atoms with Crippen LogP contribution in [0.3, 0.4) is 0 Å². The van der Waals surface area contributed by atoms with Crippen molar-refractivity contribution in [2.24, 2.45) is 0 Å². The fourth-order valence-corrected chi connectivity index (χ4v) is 3.10. The Morgan fingerprint density at radius 2 is 2.04 bits per heavy atom. The van der Waals surface area contributed by atoms with Crippen molar-refractivity contribution in [3.63, 3.8) is 0 Å². The highest BCUT2D eigenvalue weighted by Gasteiger charge is 2.13. The van der Waals surface area contributed by atoms with E-state index in [2.05, 4.69) is 10.4 Å². The minimum atomic E-state index is -0.494. The Hall–Kier alpha value is -2.75. The number of carbonyl (C=O) groups excluding carboxylic acids is 2. The highest BCUT2D eigenvalue weighted by atomic mass is 127. The minimum Gasteiger partial charge on any atom is -0.461 e. The second kappa shape index (κ2) is 8.30. The Morgan fingerprint density at radius 3 is 2.78 bits per heavy atom. The molecule has 0 aliphatic carbocycles. The van der Waals surface area contributed by atoms with Gasteiger partial charge in [-0.15, -0.1) is 0 Å². The van der Waals surface area contributed by atoms with Crippen LogP contribution in [-0.4, -0.2) is 28.3 Å². The lowest BCUT2D eigenvalue weighted by molar-refractivity contribution is 0.0519. The van der Waals surface area contributed by atoms with E-state index in [9.17, 15) is 14.0 Å². The SMILES string of the molecule is CCOC(=O)c1ccn(-c2cccc(NC(=O)c3ccc(F)cc3I)c2)n1. The highest BCUT2D eigenvalue weighted by Crippen LogP contribution is 2.18. The molecule has 0 atom stereocenters. The van der Waals surface area contributed by atoms with Crippen LogP contribution >= 0.6 is 22.6 Å². The molecule has 138 valence electrons. The number of hydrogen-bond acceptors (Lipinski definition) is 4. The number of aromatic nitrogens is 2. The van der Waals surface area contributed by atoms with Crippen molar-refractivity contribution in [2.75, 3.05) is 11.9 Å². The number of rotatable bonds is 5. The summed E-state index contributed by atoms with van der Waals surface area (Å²) in [6.07, 6.45) is 1.64. The molecule has 0 aliphatic rings. The van der Waals surface area contributed by atoms with Gasteiger partial charge >= 0.3 is 5.97 Å². The number of nitrogens with zero attached hydrogens (tertiary/aromatic N) is 2. The zero-order chi connectivity index (χ0) is 19.4. The van der Waals surface area contributed by atoms with Crippen molar-refractivity contribution >= 4 is 40.2 Å². The Bertz CT molecular complexity index is 1000. The Kier molecular flexibility index (Phi) is 5.84. The molecule has 1 aromatic heterocycles. The van der Waals surface area contributed by atoms with E-state index < -0.39 is 11.8 Å². The van der Waals surface area contributed by atoms with E-state index >= 15 is 0 Å². The summed E-state index contributed by atoms with van der Waals surface area (Å²) in [6, 6.07) is 12.5. The zero-order valence-corrected chi connectivity index (χ0v) is 16.4. The molecule has 0 saturated heterocycles. The maximum absolute atomic E-state index is 13.2. The predicted octanol–water partition coefficient (Wildman–Crippen LogP) is 4.05. The van der Waals surface area contributed by atoms with Crippen LogP contribution in [0, 0.1) is 9.39 Å². The van der Waals surface area contributed by atoms with E-state index in [1.807, 2.05) is 22.6 Å².